The lowest BCUT2D eigenvalue weighted by atomic mass is 10.1. The fourth-order valence-electron chi connectivity index (χ4n) is 1.84. The summed E-state index contributed by atoms with van der Waals surface area (Å²) in [4.78, 5) is 35.9. The Balaban J connectivity index is 2.26. The van der Waals surface area contributed by atoms with Crippen LogP contribution in [0.2, 0.25) is 0 Å². The molecule has 0 saturated carbocycles. The third-order valence-electron chi connectivity index (χ3n) is 3.12. The van der Waals surface area contributed by atoms with E-state index in [0.717, 1.165) is 21.8 Å². The normalized spacial score (nSPS) is 10.3. The molecule has 0 aliphatic heterocycles. The number of carbonyl (C=O) groups excluding carboxylic acids is 3. The summed E-state index contributed by atoms with van der Waals surface area (Å²) in [5, 5.41) is 7.73. The van der Waals surface area contributed by atoms with Crippen LogP contribution in [0.15, 0.2) is 11.4 Å². The van der Waals surface area contributed by atoms with E-state index >= 15 is 0 Å². The highest BCUT2D eigenvalue weighted by Gasteiger charge is 2.18. The highest BCUT2D eigenvalue weighted by molar-refractivity contribution is 7.20. The Morgan fingerprint density at radius 3 is 2.32 bits per heavy atom. The lowest BCUT2D eigenvalue weighted by Gasteiger charge is -2.02. The molecule has 0 fully saturated rings. The first-order chi connectivity index (χ1) is 10.3. The van der Waals surface area contributed by atoms with Crippen LogP contribution in [-0.2, 0) is 0 Å². The summed E-state index contributed by atoms with van der Waals surface area (Å²) in [7, 11) is 0. The molecular formula is C14H15N3O3S2. The van der Waals surface area contributed by atoms with Gasteiger partial charge in [-0.1, -0.05) is 11.3 Å². The monoisotopic (exact) mass is 337 g/mol. The van der Waals surface area contributed by atoms with Crippen molar-refractivity contribution in [2.45, 2.75) is 20.8 Å². The van der Waals surface area contributed by atoms with Crippen LogP contribution in [0.4, 0.5) is 14.8 Å². The quantitative estimate of drug-likeness (QED) is 0.745. The number of thiophene rings is 2. The van der Waals surface area contributed by atoms with Crippen molar-refractivity contribution in [1.29, 1.82) is 0 Å². The van der Waals surface area contributed by atoms with Crippen molar-refractivity contribution in [3.05, 3.63) is 33.0 Å². The molecule has 2 heterocycles. The van der Waals surface area contributed by atoms with Crippen molar-refractivity contribution in [2.24, 2.45) is 5.73 Å². The predicted octanol–water partition coefficient (Wildman–Crippen LogP) is 3.37. The number of ketones is 1. The molecule has 0 aromatic carbocycles. The first-order valence-electron chi connectivity index (χ1n) is 6.37. The number of nitrogens with one attached hydrogen (secondary N) is 2. The Labute approximate surface area is 135 Å². The highest BCUT2D eigenvalue weighted by Crippen LogP contribution is 2.33. The summed E-state index contributed by atoms with van der Waals surface area (Å²) in [6.45, 7) is 5.22. The molecule has 0 spiro atoms. The number of hydrogen-bond donors (Lipinski definition) is 3. The van der Waals surface area contributed by atoms with Gasteiger partial charge in [-0.15, -0.1) is 11.3 Å². The molecule has 2 rings (SSSR count). The Morgan fingerprint density at radius 2 is 1.82 bits per heavy atom. The van der Waals surface area contributed by atoms with Crippen LogP contribution in [-0.4, -0.2) is 17.7 Å². The largest absolute Gasteiger partial charge is 0.351 e. The number of anilines is 2. The van der Waals surface area contributed by atoms with Gasteiger partial charge in [0.05, 0.1) is 16.1 Å². The maximum atomic E-state index is 12.3. The molecule has 22 heavy (non-hydrogen) atoms. The summed E-state index contributed by atoms with van der Waals surface area (Å²) in [6, 6.07) is 0.775. The van der Waals surface area contributed by atoms with E-state index < -0.39 is 6.03 Å². The van der Waals surface area contributed by atoms with Crippen LogP contribution >= 0.6 is 22.7 Å². The minimum absolute atomic E-state index is 0.219. The van der Waals surface area contributed by atoms with E-state index in [0.29, 0.717) is 21.1 Å². The molecule has 0 atom stereocenters. The van der Waals surface area contributed by atoms with Gasteiger partial charge in [0.15, 0.2) is 5.78 Å². The molecule has 0 aliphatic rings. The molecule has 4 N–H and O–H groups in total. The Hall–Kier alpha value is -2.19. The van der Waals surface area contributed by atoms with E-state index in [1.165, 1.54) is 24.3 Å². The molecule has 6 nitrogen and oxygen atoms in total. The molecule has 2 aromatic heterocycles. The molecule has 3 amide bonds. The van der Waals surface area contributed by atoms with E-state index in [2.05, 4.69) is 10.6 Å². The second-order valence-corrected chi connectivity index (χ2v) is 6.82. The van der Waals surface area contributed by atoms with E-state index in [1.807, 2.05) is 13.8 Å². The minimum Gasteiger partial charge on any atom is -0.351 e. The van der Waals surface area contributed by atoms with Gasteiger partial charge in [0, 0.05) is 10.3 Å². The van der Waals surface area contributed by atoms with Gasteiger partial charge in [-0.3, -0.25) is 14.9 Å². The average Bonchev–Trinajstić information content (AvgIpc) is 2.94. The number of nitrogens with two attached hydrogens (primary N) is 1. The first-order valence-corrected chi connectivity index (χ1v) is 8.06. The SMILES string of the molecule is CC(=O)c1cc(NC(=O)c2csc(C)c2C)sc1NC(N)=O. The molecule has 0 aliphatic carbocycles. The van der Waals surface area contributed by atoms with Gasteiger partial charge in [0.1, 0.15) is 5.00 Å². The molecule has 0 bridgehead atoms. The number of primary amides is 1. The van der Waals surface area contributed by atoms with Gasteiger partial charge in [-0.05, 0) is 32.4 Å². The molecule has 8 heteroatoms. The van der Waals surface area contributed by atoms with Crippen LogP contribution in [0.25, 0.3) is 0 Å². The summed E-state index contributed by atoms with van der Waals surface area (Å²) in [5.41, 5.74) is 6.93. The standard InChI is InChI=1S/C14H15N3O3S2/c1-6-8(3)21-5-10(6)12(19)16-11-4-9(7(2)18)13(22-11)17-14(15)20/h4-5H,1-3H3,(H,16,19)(H3,15,17,20). The first kappa shape index (κ1) is 16.2. The predicted molar refractivity (Wildman–Crippen MR) is 89.3 cm³/mol. The second-order valence-electron chi connectivity index (χ2n) is 4.68. The van der Waals surface area contributed by atoms with Crippen LogP contribution in [0.1, 0.15) is 38.1 Å². The van der Waals surface area contributed by atoms with Gasteiger partial charge in [-0.25, -0.2) is 4.79 Å². The number of rotatable bonds is 4. The van der Waals surface area contributed by atoms with E-state index in [-0.39, 0.29) is 11.7 Å². The fourth-order valence-corrected chi connectivity index (χ4v) is 3.71. The third-order valence-corrected chi connectivity index (χ3v) is 5.09. The van der Waals surface area contributed by atoms with E-state index in [4.69, 9.17) is 5.73 Å². The number of amides is 3. The molecule has 0 unspecified atom stereocenters. The summed E-state index contributed by atoms with van der Waals surface area (Å²) in [5.74, 6) is -0.466. The van der Waals surface area contributed by atoms with E-state index in [1.54, 1.807) is 5.38 Å². The average molecular weight is 337 g/mol. The van der Waals surface area contributed by atoms with Gasteiger partial charge < -0.3 is 11.1 Å². The lowest BCUT2D eigenvalue weighted by molar-refractivity contribution is 0.101. The summed E-state index contributed by atoms with van der Waals surface area (Å²) >= 11 is 2.60. The van der Waals surface area contributed by atoms with Crippen LogP contribution in [0.3, 0.4) is 0 Å². The van der Waals surface area contributed by atoms with Crippen molar-refractivity contribution in [1.82, 2.24) is 0 Å². The van der Waals surface area contributed by atoms with Crippen molar-refractivity contribution in [3.63, 3.8) is 0 Å². The number of Topliss-reactive ketones (excluding diaryl/α,β-unsaturated/α-hetero) is 1. The zero-order chi connectivity index (χ0) is 16.4. The van der Waals surface area contributed by atoms with Gasteiger partial charge in [-0.2, -0.15) is 0 Å². The van der Waals surface area contributed by atoms with Crippen molar-refractivity contribution < 1.29 is 14.4 Å². The molecular weight excluding hydrogens is 322 g/mol. The molecule has 0 saturated heterocycles. The zero-order valence-corrected chi connectivity index (χ0v) is 13.9. The van der Waals surface area contributed by atoms with Gasteiger partial charge in [0.2, 0.25) is 0 Å². The molecule has 0 radical (unpaired) electrons. The topological polar surface area (TPSA) is 101 Å². The maximum Gasteiger partial charge on any atom is 0.317 e. The number of carbonyl (C=O) groups is 3. The van der Waals surface area contributed by atoms with E-state index in [9.17, 15) is 14.4 Å². The van der Waals surface area contributed by atoms with Crippen LogP contribution < -0.4 is 16.4 Å². The Bertz CT molecular complexity index is 761. The fraction of sp³-hybridized carbons (Fsp3) is 0.214. The lowest BCUT2D eigenvalue weighted by Crippen LogP contribution is -2.19. The summed E-state index contributed by atoms with van der Waals surface area (Å²) in [6.07, 6.45) is 0. The van der Waals surface area contributed by atoms with Crippen molar-refractivity contribution in [3.8, 4) is 0 Å². The zero-order valence-electron chi connectivity index (χ0n) is 12.3. The van der Waals surface area contributed by atoms with Gasteiger partial charge in [0.25, 0.3) is 5.91 Å². The van der Waals surface area contributed by atoms with Crippen molar-refractivity contribution in [2.75, 3.05) is 10.6 Å². The Kier molecular flexibility index (Phi) is 4.62. The maximum absolute atomic E-state index is 12.3. The number of hydrogen-bond acceptors (Lipinski definition) is 5. The number of aryl methyl sites for hydroxylation is 1. The highest BCUT2D eigenvalue weighted by atomic mass is 32.1. The van der Waals surface area contributed by atoms with Crippen LogP contribution in [0.5, 0.6) is 0 Å². The molecule has 2 aromatic rings. The second kappa shape index (κ2) is 6.29. The third kappa shape index (κ3) is 3.34. The van der Waals surface area contributed by atoms with Gasteiger partial charge >= 0.3 is 6.03 Å². The minimum atomic E-state index is -0.758. The smallest absolute Gasteiger partial charge is 0.317 e. The molecule has 116 valence electrons. The van der Waals surface area contributed by atoms with Crippen LogP contribution in [0, 0.1) is 13.8 Å². The van der Waals surface area contributed by atoms with Crippen molar-refractivity contribution >= 4 is 50.4 Å². The Morgan fingerprint density at radius 1 is 1.14 bits per heavy atom. The summed E-state index contributed by atoms with van der Waals surface area (Å²) < 4.78 is 0. The number of urea groups is 1.